The normalized spacial score (nSPS) is 28.0. The van der Waals surface area contributed by atoms with Crippen LogP contribution >= 0.6 is 0 Å². The van der Waals surface area contributed by atoms with Crippen molar-refractivity contribution in [2.45, 2.75) is 51.0 Å². The molecule has 2 aliphatic rings. The average Bonchev–Trinajstić information content (AvgIpc) is 2.55. The van der Waals surface area contributed by atoms with Crippen LogP contribution in [-0.4, -0.2) is 50.2 Å². The lowest BCUT2D eigenvalue weighted by Gasteiger charge is -2.35. The highest BCUT2D eigenvalue weighted by atomic mass is 127. The summed E-state index contributed by atoms with van der Waals surface area (Å²) in [6, 6.07) is 0.813. The van der Waals surface area contributed by atoms with Crippen molar-refractivity contribution in [3.63, 3.8) is 0 Å². The summed E-state index contributed by atoms with van der Waals surface area (Å²) in [5.41, 5.74) is 1.63. The lowest BCUT2D eigenvalue weighted by atomic mass is 9.88. The Balaban J connectivity index is 0.00000180. The highest BCUT2D eigenvalue weighted by Crippen LogP contribution is 2.34. The van der Waals surface area contributed by atoms with Gasteiger partial charge in [-0.15, -0.1) is 0 Å². The third-order valence-electron chi connectivity index (χ3n) is 4.77. The van der Waals surface area contributed by atoms with Crippen LogP contribution in [0, 0.1) is 5.92 Å². The maximum Gasteiger partial charge on any atom is 0.0783 e. The Morgan fingerprint density at radius 1 is 1.21 bits per heavy atom. The number of halogens is 1. The molecule has 2 bridgehead atoms. The summed E-state index contributed by atoms with van der Waals surface area (Å²) in [7, 11) is 9.29. The van der Waals surface area contributed by atoms with Crippen LogP contribution in [0.4, 0.5) is 0 Å². The zero-order valence-electron chi connectivity index (χ0n) is 13.2. The number of rotatable bonds is 3. The van der Waals surface area contributed by atoms with E-state index in [1.165, 1.54) is 51.5 Å². The van der Waals surface area contributed by atoms with Gasteiger partial charge in [0.1, 0.15) is 0 Å². The molecule has 19 heavy (non-hydrogen) atoms. The van der Waals surface area contributed by atoms with Gasteiger partial charge in [0.15, 0.2) is 0 Å². The van der Waals surface area contributed by atoms with E-state index in [2.05, 4.69) is 39.2 Å². The lowest BCUT2D eigenvalue weighted by molar-refractivity contribution is -0.871. The molecule has 0 aromatic rings. The Hall–Kier alpha value is 0.230. The molecule has 0 aromatic carbocycles. The van der Waals surface area contributed by atoms with Crippen LogP contribution < -0.4 is 24.0 Å². The number of quaternary nitrogens is 1. The molecule has 2 aliphatic heterocycles. The van der Waals surface area contributed by atoms with Gasteiger partial charge in [-0.2, -0.15) is 0 Å². The first-order valence-corrected chi connectivity index (χ1v) is 7.70. The molecule has 2 rings (SSSR count). The molecule has 0 spiro atoms. The van der Waals surface area contributed by atoms with E-state index in [9.17, 15) is 0 Å². The van der Waals surface area contributed by atoms with E-state index in [0.29, 0.717) is 0 Å². The molecule has 0 saturated carbocycles. The molecule has 2 nitrogen and oxygen atoms in total. The Morgan fingerprint density at radius 2 is 1.95 bits per heavy atom. The summed E-state index contributed by atoms with van der Waals surface area (Å²) in [6.45, 7) is 1.31. The summed E-state index contributed by atoms with van der Waals surface area (Å²) < 4.78 is 1.10. The van der Waals surface area contributed by atoms with Crippen LogP contribution in [-0.2, 0) is 0 Å². The second-order valence-electron chi connectivity index (χ2n) is 7.26. The summed E-state index contributed by atoms with van der Waals surface area (Å²) in [5, 5.41) is 0. The van der Waals surface area contributed by atoms with Gasteiger partial charge in [0.25, 0.3) is 0 Å². The Labute approximate surface area is 136 Å². The second kappa shape index (κ2) is 7.30. The zero-order chi connectivity index (χ0) is 13.2. The molecule has 0 radical (unpaired) electrons. The van der Waals surface area contributed by atoms with E-state index in [4.69, 9.17) is 0 Å². The van der Waals surface area contributed by atoms with Crippen molar-refractivity contribution in [2.24, 2.45) is 5.92 Å². The van der Waals surface area contributed by atoms with Crippen molar-refractivity contribution in [1.29, 1.82) is 0 Å². The molecule has 2 heterocycles. The third-order valence-corrected chi connectivity index (χ3v) is 4.77. The van der Waals surface area contributed by atoms with Crippen LogP contribution in [0.15, 0.2) is 11.8 Å². The summed E-state index contributed by atoms with van der Waals surface area (Å²) in [6.07, 6.45) is 12.2. The van der Waals surface area contributed by atoms with E-state index in [-0.39, 0.29) is 24.0 Å². The predicted octanol–water partition coefficient (Wildman–Crippen LogP) is 0.255. The van der Waals surface area contributed by atoms with Gasteiger partial charge in [-0.3, -0.25) is 0 Å². The van der Waals surface area contributed by atoms with Gasteiger partial charge >= 0.3 is 0 Å². The van der Waals surface area contributed by atoms with E-state index in [1.54, 1.807) is 5.70 Å². The SMILES string of the molecule is CN1C2=CCCC(CC[N+](C)(C)C)C1CCCC2.[I-]. The largest absolute Gasteiger partial charge is 1.00 e. The van der Waals surface area contributed by atoms with Crippen LogP contribution in [0.3, 0.4) is 0 Å². The molecule has 0 amide bonds. The van der Waals surface area contributed by atoms with E-state index >= 15 is 0 Å². The van der Waals surface area contributed by atoms with Crippen molar-refractivity contribution >= 4 is 0 Å². The minimum Gasteiger partial charge on any atom is -1.00 e. The second-order valence-corrected chi connectivity index (χ2v) is 7.26. The first kappa shape index (κ1) is 17.3. The number of fused-ring (bicyclic) bond motifs is 2. The fraction of sp³-hybridized carbons (Fsp3) is 0.875. The molecule has 0 aliphatic carbocycles. The Kier molecular flexibility index (Phi) is 6.64. The molecule has 1 saturated heterocycles. The van der Waals surface area contributed by atoms with Crippen molar-refractivity contribution < 1.29 is 28.5 Å². The molecule has 112 valence electrons. The Bertz CT molecular complexity index is 306. The number of hydrogen-bond donors (Lipinski definition) is 0. The van der Waals surface area contributed by atoms with Gasteiger partial charge in [0.05, 0.1) is 27.7 Å². The summed E-state index contributed by atoms with van der Waals surface area (Å²) in [4.78, 5) is 2.63. The fourth-order valence-electron chi connectivity index (χ4n) is 3.59. The molecule has 0 N–H and O–H groups in total. The van der Waals surface area contributed by atoms with Gasteiger partial charge in [-0.05, 0) is 38.0 Å². The zero-order valence-corrected chi connectivity index (χ0v) is 15.3. The van der Waals surface area contributed by atoms with Gasteiger partial charge in [-0.1, -0.05) is 12.5 Å². The molecular weight excluding hydrogens is 347 g/mol. The fourth-order valence-corrected chi connectivity index (χ4v) is 3.59. The van der Waals surface area contributed by atoms with E-state index in [0.717, 1.165) is 16.4 Å². The smallest absolute Gasteiger partial charge is 0.0783 e. The van der Waals surface area contributed by atoms with Crippen LogP contribution in [0.5, 0.6) is 0 Å². The van der Waals surface area contributed by atoms with Gasteiger partial charge < -0.3 is 33.4 Å². The van der Waals surface area contributed by atoms with Gasteiger partial charge in [-0.25, -0.2) is 0 Å². The lowest BCUT2D eigenvalue weighted by Crippen LogP contribution is -3.00. The van der Waals surface area contributed by atoms with Crippen LogP contribution in [0.25, 0.3) is 0 Å². The first-order chi connectivity index (χ1) is 8.47. The quantitative estimate of drug-likeness (QED) is 0.503. The maximum absolute atomic E-state index is 2.63. The summed E-state index contributed by atoms with van der Waals surface area (Å²) in [5.74, 6) is 0.902. The maximum atomic E-state index is 2.63. The van der Waals surface area contributed by atoms with Crippen molar-refractivity contribution in [2.75, 3.05) is 34.7 Å². The van der Waals surface area contributed by atoms with Crippen LogP contribution in [0.2, 0.25) is 0 Å². The molecule has 1 fully saturated rings. The Morgan fingerprint density at radius 3 is 2.63 bits per heavy atom. The molecule has 2 unspecified atom stereocenters. The van der Waals surface area contributed by atoms with Crippen molar-refractivity contribution in [1.82, 2.24) is 4.90 Å². The standard InChI is InChI=1S/C16H31N2.HI/c1-17-15-9-5-6-11-16(17)14(8-7-10-15)12-13-18(2,3)4;/h10,14,16H,5-9,11-13H2,1-4H3;1H/q+1;/p-1. The number of hydrogen-bond acceptors (Lipinski definition) is 1. The highest BCUT2D eigenvalue weighted by molar-refractivity contribution is 5.07. The molecular formula is C16H31IN2. The minimum absolute atomic E-state index is 0. The number of nitrogens with zero attached hydrogens (tertiary/aromatic N) is 2. The number of allylic oxidation sites excluding steroid dienone is 2. The first-order valence-electron chi connectivity index (χ1n) is 7.70. The molecule has 3 heteroatoms. The van der Waals surface area contributed by atoms with Gasteiger partial charge in [0, 0.05) is 25.2 Å². The van der Waals surface area contributed by atoms with Crippen molar-refractivity contribution in [3.8, 4) is 0 Å². The third kappa shape index (κ3) is 4.92. The predicted molar refractivity (Wildman–Crippen MR) is 78.3 cm³/mol. The van der Waals surface area contributed by atoms with E-state index < -0.39 is 0 Å². The average molecular weight is 378 g/mol. The summed E-state index contributed by atoms with van der Waals surface area (Å²) >= 11 is 0. The highest BCUT2D eigenvalue weighted by Gasteiger charge is 2.30. The molecule has 2 atom stereocenters. The van der Waals surface area contributed by atoms with Crippen LogP contribution in [0.1, 0.15) is 44.9 Å². The minimum atomic E-state index is 0. The van der Waals surface area contributed by atoms with Crippen molar-refractivity contribution in [3.05, 3.63) is 11.8 Å². The van der Waals surface area contributed by atoms with Gasteiger partial charge in [0.2, 0.25) is 0 Å². The van der Waals surface area contributed by atoms with E-state index in [1.807, 2.05) is 0 Å². The molecule has 0 aromatic heterocycles. The monoisotopic (exact) mass is 378 g/mol. The topological polar surface area (TPSA) is 3.24 Å².